The molecule has 0 spiro atoms. The number of nitriles is 1. The lowest BCUT2D eigenvalue weighted by Gasteiger charge is -2.18. The quantitative estimate of drug-likeness (QED) is 0.713. The van der Waals surface area contributed by atoms with Gasteiger partial charge in [-0.15, -0.1) is 0 Å². The van der Waals surface area contributed by atoms with Crippen molar-refractivity contribution < 1.29 is 13.9 Å². The van der Waals surface area contributed by atoms with Gasteiger partial charge in [0.25, 0.3) is 0 Å². The minimum atomic E-state index is -0.325. The van der Waals surface area contributed by atoms with Crippen molar-refractivity contribution in [3.63, 3.8) is 0 Å². The van der Waals surface area contributed by atoms with Crippen LogP contribution in [0.15, 0.2) is 36.4 Å². The molecular weight excluding hydrogens is 369 g/mol. The third-order valence-corrected chi connectivity index (χ3v) is 5.31. The van der Waals surface area contributed by atoms with Gasteiger partial charge in [0.2, 0.25) is 0 Å². The van der Waals surface area contributed by atoms with Crippen LogP contribution in [-0.4, -0.2) is 19.2 Å². The first-order valence-corrected chi connectivity index (χ1v) is 9.31. The van der Waals surface area contributed by atoms with E-state index in [9.17, 15) is 9.65 Å². The number of nitrogens with two attached hydrogens (primary N) is 1. The van der Waals surface area contributed by atoms with E-state index >= 15 is 0 Å². The van der Waals surface area contributed by atoms with Gasteiger partial charge in [-0.25, -0.2) is 9.37 Å². The smallest absolute Gasteiger partial charge is 0.161 e. The number of rotatable bonds is 3. The van der Waals surface area contributed by atoms with Gasteiger partial charge in [0, 0.05) is 11.1 Å². The molecule has 1 aromatic heterocycles. The first-order valence-electron chi connectivity index (χ1n) is 9.31. The number of nitrogen functional groups attached to an aromatic ring is 1. The van der Waals surface area contributed by atoms with Crippen LogP contribution in [0.1, 0.15) is 23.1 Å². The molecule has 0 unspecified atom stereocenters. The zero-order valence-electron chi connectivity index (χ0n) is 16.3. The van der Waals surface area contributed by atoms with Crippen LogP contribution in [0.25, 0.3) is 22.4 Å². The van der Waals surface area contributed by atoms with Crippen molar-refractivity contribution in [3.8, 4) is 40.0 Å². The average molecular weight is 389 g/mol. The highest BCUT2D eigenvalue weighted by molar-refractivity contribution is 5.86. The minimum Gasteiger partial charge on any atom is -0.493 e. The summed E-state index contributed by atoms with van der Waals surface area (Å²) in [6, 6.07) is 12.4. The van der Waals surface area contributed by atoms with Gasteiger partial charge in [0.1, 0.15) is 23.3 Å². The van der Waals surface area contributed by atoms with Crippen LogP contribution in [0.3, 0.4) is 0 Å². The number of nitrogens with zero attached hydrogens (tertiary/aromatic N) is 2. The van der Waals surface area contributed by atoms with E-state index in [-0.39, 0.29) is 11.6 Å². The van der Waals surface area contributed by atoms with Crippen LogP contribution >= 0.6 is 0 Å². The van der Waals surface area contributed by atoms with Gasteiger partial charge in [-0.05, 0) is 60.2 Å². The molecule has 1 aliphatic rings. The molecule has 0 saturated heterocycles. The van der Waals surface area contributed by atoms with E-state index < -0.39 is 0 Å². The van der Waals surface area contributed by atoms with Gasteiger partial charge in [-0.3, -0.25) is 0 Å². The summed E-state index contributed by atoms with van der Waals surface area (Å²) in [6.45, 7) is 0. The highest BCUT2D eigenvalue weighted by Crippen LogP contribution is 2.42. The van der Waals surface area contributed by atoms with E-state index in [1.807, 2.05) is 12.1 Å². The molecule has 0 bridgehead atoms. The molecule has 4 rings (SSSR count). The topological polar surface area (TPSA) is 81.2 Å². The van der Waals surface area contributed by atoms with Crippen molar-refractivity contribution >= 4 is 5.82 Å². The standard InChI is InChI=1S/C23H20FN3O2/c1-28-19-9-7-14(10-20(19)29-2)21-16-5-3-4-13-6-8-15(24)11-17(13)22(16)27-23(26)18(21)12-25/h6-11H,3-5H2,1-2H3,(H2,26,27). The van der Waals surface area contributed by atoms with E-state index in [1.165, 1.54) is 12.1 Å². The van der Waals surface area contributed by atoms with Crippen molar-refractivity contribution in [2.75, 3.05) is 20.0 Å². The molecule has 2 aromatic carbocycles. The Bertz CT molecular complexity index is 1150. The van der Waals surface area contributed by atoms with Crippen molar-refractivity contribution in [2.45, 2.75) is 19.3 Å². The summed E-state index contributed by atoms with van der Waals surface area (Å²) in [7, 11) is 3.13. The second-order valence-electron chi connectivity index (χ2n) is 6.91. The summed E-state index contributed by atoms with van der Waals surface area (Å²) >= 11 is 0. The maximum absolute atomic E-state index is 14.0. The van der Waals surface area contributed by atoms with Gasteiger partial charge < -0.3 is 15.2 Å². The van der Waals surface area contributed by atoms with Crippen molar-refractivity contribution in [3.05, 3.63) is 58.9 Å². The predicted molar refractivity (Wildman–Crippen MR) is 109 cm³/mol. The summed E-state index contributed by atoms with van der Waals surface area (Å²) in [6.07, 6.45) is 2.37. The fourth-order valence-electron chi connectivity index (χ4n) is 3.97. The maximum Gasteiger partial charge on any atom is 0.161 e. The molecule has 0 radical (unpaired) electrons. The summed E-state index contributed by atoms with van der Waals surface area (Å²) in [5, 5.41) is 9.81. The molecular formula is C23H20FN3O2. The highest BCUT2D eigenvalue weighted by atomic mass is 19.1. The fraction of sp³-hybridized carbons (Fsp3) is 0.217. The summed E-state index contributed by atoms with van der Waals surface area (Å²) in [5.41, 5.74) is 11.3. The van der Waals surface area contributed by atoms with Crippen LogP contribution in [-0.2, 0) is 12.8 Å². The molecule has 1 aliphatic carbocycles. The Hall–Kier alpha value is -3.59. The van der Waals surface area contributed by atoms with E-state index in [2.05, 4.69) is 11.1 Å². The maximum atomic E-state index is 14.0. The number of halogens is 1. The summed E-state index contributed by atoms with van der Waals surface area (Å²) in [5.74, 6) is 0.954. The Balaban J connectivity index is 2.05. The molecule has 5 nitrogen and oxygen atoms in total. The number of benzene rings is 2. The van der Waals surface area contributed by atoms with Crippen LogP contribution in [0.4, 0.5) is 10.2 Å². The molecule has 6 heteroatoms. The van der Waals surface area contributed by atoms with Crippen molar-refractivity contribution in [1.82, 2.24) is 4.98 Å². The summed E-state index contributed by atoms with van der Waals surface area (Å²) < 4.78 is 24.8. The zero-order chi connectivity index (χ0) is 20.5. The molecule has 0 amide bonds. The van der Waals surface area contributed by atoms with Crippen LogP contribution in [0, 0.1) is 17.1 Å². The second kappa shape index (κ2) is 7.44. The first kappa shape index (κ1) is 18.8. The Labute approximate surface area is 168 Å². The fourth-order valence-corrected chi connectivity index (χ4v) is 3.97. The number of ether oxygens (including phenoxy) is 2. The number of pyridine rings is 1. The van der Waals surface area contributed by atoms with E-state index in [1.54, 1.807) is 26.4 Å². The third kappa shape index (κ3) is 3.15. The van der Waals surface area contributed by atoms with E-state index in [0.717, 1.165) is 35.1 Å². The third-order valence-electron chi connectivity index (χ3n) is 5.31. The van der Waals surface area contributed by atoms with Crippen molar-refractivity contribution in [2.24, 2.45) is 0 Å². The largest absolute Gasteiger partial charge is 0.493 e. The van der Waals surface area contributed by atoms with Gasteiger partial charge in [-0.2, -0.15) is 5.26 Å². The van der Waals surface area contributed by atoms with Crippen LogP contribution in [0.5, 0.6) is 11.5 Å². The normalized spacial score (nSPS) is 12.3. The Kier molecular flexibility index (Phi) is 4.81. The lowest BCUT2D eigenvalue weighted by atomic mass is 9.90. The van der Waals surface area contributed by atoms with Gasteiger partial charge >= 0.3 is 0 Å². The van der Waals surface area contributed by atoms with Crippen LogP contribution in [0.2, 0.25) is 0 Å². The number of methoxy groups -OCH3 is 2. The first-order chi connectivity index (χ1) is 14.1. The number of hydrogen-bond donors (Lipinski definition) is 1. The average Bonchev–Trinajstić information content (AvgIpc) is 2.91. The van der Waals surface area contributed by atoms with Gasteiger partial charge in [0.05, 0.1) is 19.9 Å². The molecule has 2 N–H and O–H groups in total. The van der Waals surface area contributed by atoms with Crippen LogP contribution < -0.4 is 15.2 Å². The summed E-state index contributed by atoms with van der Waals surface area (Å²) in [4.78, 5) is 4.52. The Morgan fingerprint density at radius 2 is 1.86 bits per heavy atom. The second-order valence-corrected chi connectivity index (χ2v) is 6.91. The number of anilines is 1. The lowest BCUT2D eigenvalue weighted by molar-refractivity contribution is 0.355. The zero-order valence-corrected chi connectivity index (χ0v) is 16.3. The number of hydrogen-bond acceptors (Lipinski definition) is 5. The van der Waals surface area contributed by atoms with Gasteiger partial charge in [-0.1, -0.05) is 12.1 Å². The minimum absolute atomic E-state index is 0.133. The molecule has 29 heavy (non-hydrogen) atoms. The monoisotopic (exact) mass is 389 g/mol. The van der Waals surface area contributed by atoms with Crippen molar-refractivity contribution in [1.29, 1.82) is 5.26 Å². The Morgan fingerprint density at radius 1 is 1.07 bits per heavy atom. The van der Waals surface area contributed by atoms with E-state index in [4.69, 9.17) is 15.2 Å². The molecule has 0 fully saturated rings. The SMILES string of the molecule is COc1ccc(-c2c(C#N)c(N)nc3c2CCCc2ccc(F)cc2-3)cc1OC. The molecule has 0 atom stereocenters. The lowest BCUT2D eigenvalue weighted by Crippen LogP contribution is -2.05. The van der Waals surface area contributed by atoms with E-state index in [0.29, 0.717) is 34.7 Å². The number of aromatic nitrogens is 1. The van der Waals surface area contributed by atoms with Gasteiger partial charge in [0.15, 0.2) is 11.5 Å². The molecule has 3 aromatic rings. The number of aryl methyl sites for hydroxylation is 1. The number of fused-ring (bicyclic) bond motifs is 3. The predicted octanol–water partition coefficient (Wildman–Crippen LogP) is 4.51. The Morgan fingerprint density at radius 3 is 2.59 bits per heavy atom. The molecule has 1 heterocycles. The molecule has 0 saturated carbocycles. The highest BCUT2D eigenvalue weighted by Gasteiger charge is 2.25. The molecule has 146 valence electrons. The molecule has 0 aliphatic heterocycles.